The number of carbonyl (C=O) groups is 3. The first-order valence-electron chi connectivity index (χ1n) is 9.08. The lowest BCUT2D eigenvalue weighted by molar-refractivity contribution is -0.121. The molecule has 0 aliphatic rings. The van der Waals surface area contributed by atoms with Crippen LogP contribution in [0.4, 0.5) is 5.69 Å². The largest absolute Gasteiger partial charge is 0.394 e. The highest BCUT2D eigenvalue weighted by Gasteiger charge is 2.24. The maximum absolute atomic E-state index is 12.4. The molecule has 0 bridgehead atoms. The number of nitrogens with one attached hydrogen (secondary N) is 3. The van der Waals surface area contributed by atoms with Gasteiger partial charge in [-0.1, -0.05) is 0 Å². The number of aliphatic hydroxyl groups excluding tert-OH is 4. The molecule has 0 aromatic heterocycles. The second-order valence-electron chi connectivity index (χ2n) is 6.59. The van der Waals surface area contributed by atoms with Crippen molar-refractivity contribution in [2.24, 2.45) is 0 Å². The summed E-state index contributed by atoms with van der Waals surface area (Å²) < 4.78 is 1.98. The highest BCUT2D eigenvalue weighted by atomic mass is 127. The number of carbonyl (C=O) groups excluding carboxylic acids is 3. The van der Waals surface area contributed by atoms with E-state index in [4.69, 9.17) is 10.2 Å². The van der Waals surface area contributed by atoms with Gasteiger partial charge in [-0.25, -0.2) is 0 Å². The van der Waals surface area contributed by atoms with Gasteiger partial charge in [0, 0.05) is 30.7 Å². The maximum Gasteiger partial charge on any atom is 0.224 e. The fourth-order valence-electron chi connectivity index (χ4n) is 2.41. The van der Waals surface area contributed by atoms with Gasteiger partial charge in [0.1, 0.15) is 0 Å². The lowest BCUT2D eigenvalue weighted by Crippen LogP contribution is -2.36. The summed E-state index contributed by atoms with van der Waals surface area (Å²) in [7, 11) is 0. The van der Waals surface area contributed by atoms with Crippen molar-refractivity contribution in [2.75, 3.05) is 31.6 Å². The fraction of sp³-hybridized carbons (Fsp3) is 0.500. The van der Waals surface area contributed by atoms with Crippen molar-refractivity contribution in [1.29, 1.82) is 0 Å². The zero-order valence-electron chi connectivity index (χ0n) is 16.5. The summed E-state index contributed by atoms with van der Waals surface area (Å²) in [5, 5.41) is 44.4. The first kappa shape index (κ1) is 28.7. The quantitative estimate of drug-likeness (QED) is 0.149. The SMILES string of the molecule is CC(=O)Nc1c(I)c(CC(=O)NCC(O)CO)c(I)c(CC(=O)NCC(O)CO)c1I. The summed E-state index contributed by atoms with van der Waals surface area (Å²) in [5.74, 6) is -1.08. The van der Waals surface area contributed by atoms with E-state index in [9.17, 15) is 24.6 Å². The summed E-state index contributed by atoms with van der Waals surface area (Å²) in [4.78, 5) is 36.4. The molecule has 174 valence electrons. The monoisotopic (exact) mass is 775 g/mol. The molecular formula is C18H24I3N3O7. The molecule has 1 aromatic carbocycles. The molecule has 0 aliphatic carbocycles. The van der Waals surface area contributed by atoms with Crippen LogP contribution in [0.25, 0.3) is 0 Å². The summed E-state index contributed by atoms with van der Waals surface area (Å²) in [6.07, 6.45) is -2.25. The van der Waals surface area contributed by atoms with E-state index in [1.807, 2.05) is 67.8 Å². The molecule has 0 heterocycles. The number of rotatable bonds is 11. The zero-order chi connectivity index (χ0) is 23.7. The normalized spacial score (nSPS) is 12.8. The minimum absolute atomic E-state index is 0.0595. The number of amides is 3. The summed E-state index contributed by atoms with van der Waals surface area (Å²) >= 11 is 6.11. The Bertz CT molecular complexity index is 768. The van der Waals surface area contributed by atoms with Gasteiger partial charge in [-0.2, -0.15) is 0 Å². The van der Waals surface area contributed by atoms with Crippen LogP contribution in [0.5, 0.6) is 0 Å². The number of benzene rings is 1. The molecule has 0 aliphatic heterocycles. The number of halogens is 3. The van der Waals surface area contributed by atoms with Gasteiger partial charge in [-0.05, 0) is 78.9 Å². The van der Waals surface area contributed by atoms with Crippen LogP contribution in [0.1, 0.15) is 18.1 Å². The Morgan fingerprint density at radius 1 is 0.806 bits per heavy atom. The maximum atomic E-state index is 12.4. The van der Waals surface area contributed by atoms with Crippen LogP contribution in [0, 0.1) is 10.7 Å². The Morgan fingerprint density at radius 2 is 1.19 bits per heavy atom. The predicted molar refractivity (Wildman–Crippen MR) is 139 cm³/mol. The number of hydrogen-bond donors (Lipinski definition) is 7. The van der Waals surface area contributed by atoms with Crippen molar-refractivity contribution < 1.29 is 34.8 Å². The third kappa shape index (κ3) is 9.20. The Kier molecular flexibility index (Phi) is 13.0. The number of anilines is 1. The van der Waals surface area contributed by atoms with Crippen LogP contribution in [-0.4, -0.2) is 76.7 Å². The molecule has 13 heteroatoms. The van der Waals surface area contributed by atoms with Gasteiger partial charge in [0.2, 0.25) is 17.7 Å². The standard InChI is InChI=1S/C18H24I3N3O7/c1-8(27)24-18-16(20)11(2-13(30)22-4-9(28)6-25)15(19)12(17(18)21)3-14(31)23-5-10(29)7-26/h9-10,25-26,28-29H,2-7H2,1H3,(H,22,30)(H,23,31)(H,24,27). The van der Waals surface area contributed by atoms with Gasteiger partial charge < -0.3 is 36.4 Å². The first-order chi connectivity index (χ1) is 14.5. The molecule has 31 heavy (non-hydrogen) atoms. The molecule has 0 saturated carbocycles. The van der Waals surface area contributed by atoms with Gasteiger partial charge in [-0.15, -0.1) is 0 Å². The van der Waals surface area contributed by atoms with Crippen molar-refractivity contribution >= 4 is 91.2 Å². The van der Waals surface area contributed by atoms with E-state index in [2.05, 4.69) is 16.0 Å². The van der Waals surface area contributed by atoms with E-state index in [1.54, 1.807) is 0 Å². The molecule has 2 unspecified atom stereocenters. The van der Waals surface area contributed by atoms with Crippen LogP contribution < -0.4 is 16.0 Å². The van der Waals surface area contributed by atoms with E-state index in [-0.39, 0.29) is 43.7 Å². The van der Waals surface area contributed by atoms with Crippen molar-refractivity contribution in [3.63, 3.8) is 0 Å². The molecule has 3 amide bonds. The second kappa shape index (κ2) is 14.0. The van der Waals surface area contributed by atoms with E-state index < -0.39 is 25.4 Å². The Morgan fingerprint density at radius 3 is 1.52 bits per heavy atom. The predicted octanol–water partition coefficient (Wildman–Crippen LogP) is -0.517. The smallest absolute Gasteiger partial charge is 0.224 e. The van der Waals surface area contributed by atoms with Crippen molar-refractivity contribution in [3.05, 3.63) is 21.8 Å². The minimum atomic E-state index is -1.07. The van der Waals surface area contributed by atoms with E-state index in [1.165, 1.54) is 6.92 Å². The van der Waals surface area contributed by atoms with Crippen LogP contribution in [0.3, 0.4) is 0 Å². The molecule has 0 fully saturated rings. The summed E-state index contributed by atoms with van der Waals surface area (Å²) in [6.45, 7) is 0.197. The number of aliphatic hydroxyl groups is 4. The van der Waals surface area contributed by atoms with Crippen molar-refractivity contribution in [2.45, 2.75) is 32.0 Å². The average molecular weight is 775 g/mol. The van der Waals surface area contributed by atoms with Gasteiger partial charge in [0.25, 0.3) is 0 Å². The lowest BCUT2D eigenvalue weighted by atomic mass is 10.0. The van der Waals surface area contributed by atoms with Crippen molar-refractivity contribution in [3.8, 4) is 0 Å². The topological polar surface area (TPSA) is 168 Å². The third-order valence-corrected chi connectivity index (χ3v) is 7.65. The van der Waals surface area contributed by atoms with Crippen LogP contribution in [0.15, 0.2) is 0 Å². The van der Waals surface area contributed by atoms with E-state index in [0.29, 0.717) is 27.5 Å². The van der Waals surface area contributed by atoms with Gasteiger partial charge >= 0.3 is 0 Å². The van der Waals surface area contributed by atoms with Crippen LogP contribution in [-0.2, 0) is 27.2 Å². The molecule has 2 atom stereocenters. The fourth-order valence-corrected chi connectivity index (χ4v) is 6.61. The highest BCUT2D eigenvalue weighted by molar-refractivity contribution is 14.1. The molecule has 0 spiro atoms. The highest BCUT2D eigenvalue weighted by Crippen LogP contribution is 2.36. The average Bonchev–Trinajstić information content (AvgIpc) is 2.73. The molecule has 0 saturated heterocycles. The van der Waals surface area contributed by atoms with E-state index >= 15 is 0 Å². The zero-order valence-corrected chi connectivity index (χ0v) is 23.0. The molecule has 7 N–H and O–H groups in total. The second-order valence-corrected chi connectivity index (χ2v) is 9.83. The van der Waals surface area contributed by atoms with E-state index in [0.717, 1.165) is 0 Å². The summed E-state index contributed by atoms with van der Waals surface area (Å²) in [5.41, 5.74) is 1.71. The Hall–Kier alpha value is -0.340. The molecular weight excluding hydrogens is 751 g/mol. The molecule has 10 nitrogen and oxygen atoms in total. The van der Waals surface area contributed by atoms with Gasteiger partial charge in [0.05, 0.1) is 44.0 Å². The third-order valence-electron chi connectivity index (χ3n) is 3.97. The Labute approximate surface area is 220 Å². The van der Waals surface area contributed by atoms with Crippen LogP contribution >= 0.6 is 67.8 Å². The molecule has 1 rings (SSSR count). The Balaban J connectivity index is 3.24. The summed E-state index contributed by atoms with van der Waals surface area (Å²) in [6, 6.07) is 0. The molecule has 0 radical (unpaired) electrons. The molecule has 1 aromatic rings. The first-order valence-corrected chi connectivity index (χ1v) is 12.3. The minimum Gasteiger partial charge on any atom is -0.394 e. The van der Waals surface area contributed by atoms with Gasteiger partial charge in [-0.3, -0.25) is 14.4 Å². The number of hydrogen-bond acceptors (Lipinski definition) is 7. The van der Waals surface area contributed by atoms with Gasteiger partial charge in [0.15, 0.2) is 0 Å². The van der Waals surface area contributed by atoms with Crippen molar-refractivity contribution in [1.82, 2.24) is 10.6 Å². The van der Waals surface area contributed by atoms with Crippen LogP contribution in [0.2, 0.25) is 0 Å². The lowest BCUT2D eigenvalue weighted by Gasteiger charge is -2.20.